The second-order valence-electron chi connectivity index (χ2n) is 3.07. The van der Waals surface area contributed by atoms with E-state index < -0.39 is 5.76 Å². The second kappa shape index (κ2) is 5.33. The minimum absolute atomic E-state index is 0.483. The molecule has 0 aliphatic heterocycles. The number of hydrogen-bond donors (Lipinski definition) is 2. The van der Waals surface area contributed by atoms with Crippen LogP contribution in [0.1, 0.15) is 0 Å². The van der Waals surface area contributed by atoms with E-state index in [1.165, 1.54) is 17.5 Å². The molecule has 0 atom stereocenters. The van der Waals surface area contributed by atoms with Crippen molar-refractivity contribution >= 4 is 38.9 Å². The SMILES string of the molecule is Nc1cnc(Nc2ccccc2SC(F)F)s1. The fraction of sp³-hybridized carbons (Fsp3) is 0.100. The van der Waals surface area contributed by atoms with Gasteiger partial charge in [-0.05, 0) is 12.1 Å². The van der Waals surface area contributed by atoms with Gasteiger partial charge in [0.05, 0.1) is 11.9 Å². The molecular weight excluding hydrogens is 264 g/mol. The molecule has 0 fully saturated rings. The zero-order valence-electron chi connectivity index (χ0n) is 8.56. The van der Waals surface area contributed by atoms with E-state index in [2.05, 4.69) is 10.3 Å². The molecule has 0 aliphatic rings. The molecule has 3 nitrogen and oxygen atoms in total. The third-order valence-corrected chi connectivity index (χ3v) is 3.40. The van der Waals surface area contributed by atoms with Crippen molar-refractivity contribution in [1.29, 1.82) is 0 Å². The summed E-state index contributed by atoms with van der Waals surface area (Å²) in [4.78, 5) is 4.50. The van der Waals surface area contributed by atoms with Gasteiger partial charge in [-0.3, -0.25) is 0 Å². The van der Waals surface area contributed by atoms with Crippen LogP contribution in [0.15, 0.2) is 35.4 Å². The Hall–Kier alpha value is -1.34. The quantitative estimate of drug-likeness (QED) is 0.832. The highest BCUT2D eigenvalue weighted by Crippen LogP contribution is 2.34. The molecule has 0 amide bonds. The summed E-state index contributed by atoms with van der Waals surface area (Å²) in [6.07, 6.45) is 1.52. The Morgan fingerprint density at radius 2 is 2.12 bits per heavy atom. The Bertz CT molecular complexity index is 502. The third kappa shape index (κ3) is 3.31. The lowest BCUT2D eigenvalue weighted by Gasteiger charge is -2.08. The van der Waals surface area contributed by atoms with E-state index in [0.717, 1.165) is 0 Å². The minimum Gasteiger partial charge on any atom is -0.389 e. The maximum atomic E-state index is 12.3. The standard InChI is InChI=1S/C10H9F2N3S2/c11-9(12)16-7-4-2-1-3-6(7)15-10-14-5-8(13)17-10/h1-5,9H,13H2,(H,14,15). The summed E-state index contributed by atoms with van der Waals surface area (Å²) in [5, 5.41) is 4.14. The highest BCUT2D eigenvalue weighted by molar-refractivity contribution is 7.99. The van der Waals surface area contributed by atoms with Gasteiger partial charge in [-0.2, -0.15) is 8.78 Å². The number of halogens is 2. The summed E-state index contributed by atoms with van der Waals surface area (Å²) in [6.45, 7) is 0. The van der Waals surface area contributed by atoms with Crippen LogP contribution in [-0.4, -0.2) is 10.7 Å². The number of nitrogens with two attached hydrogens (primary N) is 1. The number of hydrogen-bond acceptors (Lipinski definition) is 5. The van der Waals surface area contributed by atoms with Crippen molar-refractivity contribution in [1.82, 2.24) is 4.98 Å². The van der Waals surface area contributed by atoms with E-state index in [-0.39, 0.29) is 0 Å². The lowest BCUT2D eigenvalue weighted by molar-refractivity contribution is 0.252. The first-order valence-electron chi connectivity index (χ1n) is 4.67. The molecule has 2 rings (SSSR count). The van der Waals surface area contributed by atoms with Gasteiger partial charge in [0, 0.05) is 4.90 Å². The number of thiazole rings is 1. The van der Waals surface area contributed by atoms with E-state index in [0.29, 0.717) is 32.5 Å². The maximum absolute atomic E-state index is 12.3. The van der Waals surface area contributed by atoms with Gasteiger partial charge in [0.2, 0.25) is 0 Å². The smallest absolute Gasteiger partial charge is 0.288 e. The molecule has 0 aliphatic carbocycles. The number of rotatable bonds is 4. The molecule has 7 heteroatoms. The normalized spacial score (nSPS) is 10.8. The van der Waals surface area contributed by atoms with Crippen molar-refractivity contribution in [2.24, 2.45) is 0 Å². The Kier molecular flexibility index (Phi) is 3.80. The summed E-state index contributed by atoms with van der Waals surface area (Å²) in [6, 6.07) is 6.85. The number of para-hydroxylation sites is 1. The number of nitrogens with one attached hydrogen (secondary N) is 1. The summed E-state index contributed by atoms with van der Waals surface area (Å²) in [5.74, 6) is -2.45. The van der Waals surface area contributed by atoms with Crippen LogP contribution in [0.2, 0.25) is 0 Å². The molecule has 1 heterocycles. The summed E-state index contributed by atoms with van der Waals surface area (Å²) < 4.78 is 24.7. The van der Waals surface area contributed by atoms with Gasteiger partial charge in [-0.15, -0.1) is 0 Å². The fourth-order valence-electron chi connectivity index (χ4n) is 1.23. The van der Waals surface area contributed by atoms with Crippen molar-refractivity contribution in [3.8, 4) is 0 Å². The predicted octanol–water partition coefficient (Wildman–Crippen LogP) is 3.78. The van der Waals surface area contributed by atoms with Gasteiger partial charge < -0.3 is 11.1 Å². The van der Waals surface area contributed by atoms with Gasteiger partial charge in [-0.25, -0.2) is 4.98 Å². The first-order chi connectivity index (χ1) is 8.15. The first-order valence-corrected chi connectivity index (χ1v) is 6.37. The largest absolute Gasteiger partial charge is 0.389 e. The average molecular weight is 273 g/mol. The molecular formula is C10H9F2N3S2. The van der Waals surface area contributed by atoms with Gasteiger partial charge in [0.25, 0.3) is 5.76 Å². The minimum atomic E-state index is -2.45. The molecule has 0 unspecified atom stereocenters. The summed E-state index contributed by atoms with van der Waals surface area (Å²) in [7, 11) is 0. The zero-order chi connectivity index (χ0) is 12.3. The Labute approximate surface area is 105 Å². The van der Waals surface area contributed by atoms with Crippen LogP contribution < -0.4 is 11.1 Å². The Morgan fingerprint density at radius 3 is 2.76 bits per heavy atom. The van der Waals surface area contributed by atoms with Crippen molar-refractivity contribution in [3.05, 3.63) is 30.5 Å². The molecule has 0 saturated carbocycles. The van der Waals surface area contributed by atoms with Crippen LogP contribution in [0.5, 0.6) is 0 Å². The summed E-state index contributed by atoms with van der Waals surface area (Å²) in [5.41, 5.74) is 6.15. The van der Waals surface area contributed by atoms with Crippen molar-refractivity contribution in [2.75, 3.05) is 11.1 Å². The second-order valence-corrected chi connectivity index (χ2v) is 5.16. The van der Waals surface area contributed by atoms with Crippen LogP contribution in [0.4, 0.5) is 24.6 Å². The maximum Gasteiger partial charge on any atom is 0.288 e. The number of nitrogen functional groups attached to an aromatic ring is 1. The number of thioether (sulfide) groups is 1. The Balaban J connectivity index is 2.20. The highest BCUT2D eigenvalue weighted by atomic mass is 32.2. The molecule has 0 radical (unpaired) electrons. The molecule has 3 N–H and O–H groups in total. The molecule has 0 saturated heterocycles. The van der Waals surface area contributed by atoms with Crippen LogP contribution in [0.25, 0.3) is 0 Å². The third-order valence-electron chi connectivity index (χ3n) is 1.87. The molecule has 17 heavy (non-hydrogen) atoms. The highest BCUT2D eigenvalue weighted by Gasteiger charge is 2.10. The van der Waals surface area contributed by atoms with Crippen molar-refractivity contribution in [3.63, 3.8) is 0 Å². The van der Waals surface area contributed by atoms with E-state index in [1.54, 1.807) is 24.3 Å². The van der Waals surface area contributed by atoms with Gasteiger partial charge in [0.15, 0.2) is 5.13 Å². The first kappa shape index (κ1) is 12.1. The van der Waals surface area contributed by atoms with Crippen molar-refractivity contribution < 1.29 is 8.78 Å². The van der Waals surface area contributed by atoms with E-state index in [9.17, 15) is 8.78 Å². The van der Waals surface area contributed by atoms with Crippen LogP contribution in [0, 0.1) is 0 Å². The van der Waals surface area contributed by atoms with Crippen LogP contribution in [0.3, 0.4) is 0 Å². The topological polar surface area (TPSA) is 50.9 Å². The van der Waals surface area contributed by atoms with E-state index >= 15 is 0 Å². The monoisotopic (exact) mass is 273 g/mol. The fourth-order valence-corrected chi connectivity index (χ4v) is 2.42. The zero-order valence-corrected chi connectivity index (χ0v) is 10.2. The molecule has 1 aromatic heterocycles. The summed E-state index contributed by atoms with van der Waals surface area (Å²) >= 11 is 1.77. The number of aromatic nitrogens is 1. The van der Waals surface area contributed by atoms with Crippen LogP contribution >= 0.6 is 23.1 Å². The number of benzene rings is 1. The van der Waals surface area contributed by atoms with Gasteiger partial charge in [-0.1, -0.05) is 35.2 Å². The molecule has 90 valence electrons. The number of anilines is 3. The lowest BCUT2D eigenvalue weighted by Crippen LogP contribution is -1.92. The van der Waals surface area contributed by atoms with E-state index in [4.69, 9.17) is 5.73 Å². The average Bonchev–Trinajstić information content (AvgIpc) is 2.66. The molecule has 2 aromatic rings. The van der Waals surface area contributed by atoms with Crippen molar-refractivity contribution in [2.45, 2.75) is 10.7 Å². The predicted molar refractivity (Wildman–Crippen MR) is 68.1 cm³/mol. The molecule has 0 spiro atoms. The van der Waals surface area contributed by atoms with Crippen LogP contribution in [-0.2, 0) is 0 Å². The van der Waals surface area contributed by atoms with Gasteiger partial charge >= 0.3 is 0 Å². The molecule has 1 aromatic carbocycles. The van der Waals surface area contributed by atoms with E-state index in [1.807, 2.05) is 0 Å². The molecule has 0 bridgehead atoms. The lowest BCUT2D eigenvalue weighted by atomic mass is 10.3. The Morgan fingerprint density at radius 1 is 1.35 bits per heavy atom. The van der Waals surface area contributed by atoms with Gasteiger partial charge in [0.1, 0.15) is 5.00 Å². The number of nitrogens with zero attached hydrogens (tertiary/aromatic N) is 1. The number of alkyl halides is 2.